The van der Waals surface area contributed by atoms with E-state index in [2.05, 4.69) is 15.4 Å². The number of fused-ring (bicyclic) bond motifs is 1. The molecule has 2 heterocycles. The Labute approximate surface area is 128 Å². The van der Waals surface area contributed by atoms with Crippen LogP contribution in [0.2, 0.25) is 0 Å². The Hall–Kier alpha value is -2.41. The average molecular weight is 316 g/mol. The summed E-state index contributed by atoms with van der Waals surface area (Å²) in [5.41, 5.74) is 1.22. The van der Waals surface area contributed by atoms with Crippen molar-refractivity contribution in [3.8, 4) is 0 Å². The number of anilines is 2. The molecule has 0 aliphatic heterocycles. The summed E-state index contributed by atoms with van der Waals surface area (Å²) in [5.74, 6) is 0.654. The first-order chi connectivity index (χ1) is 10.5. The largest absolute Gasteiger partial charge is 0.339 e. The van der Waals surface area contributed by atoms with E-state index in [1.165, 1.54) is 0 Å². The summed E-state index contributed by atoms with van der Waals surface area (Å²) >= 11 is 0. The van der Waals surface area contributed by atoms with Gasteiger partial charge in [0.15, 0.2) is 15.5 Å². The van der Waals surface area contributed by atoms with Crippen LogP contribution < -0.4 is 5.32 Å². The van der Waals surface area contributed by atoms with Crippen LogP contribution in [0.15, 0.2) is 53.7 Å². The van der Waals surface area contributed by atoms with E-state index in [1.807, 2.05) is 0 Å². The van der Waals surface area contributed by atoms with Gasteiger partial charge in [-0.1, -0.05) is 12.1 Å². The van der Waals surface area contributed by atoms with Crippen LogP contribution in [-0.2, 0) is 9.84 Å². The molecule has 0 unspecified atom stereocenters. The Kier molecular flexibility index (Phi) is 3.58. The maximum Gasteiger partial charge on any atom is 0.182 e. The van der Waals surface area contributed by atoms with Gasteiger partial charge in [-0.05, 0) is 32.0 Å². The van der Waals surface area contributed by atoms with Gasteiger partial charge in [-0.15, -0.1) is 0 Å². The van der Waals surface area contributed by atoms with Gasteiger partial charge in [0.25, 0.3) is 0 Å². The van der Waals surface area contributed by atoms with E-state index in [4.69, 9.17) is 0 Å². The van der Waals surface area contributed by atoms with Crippen LogP contribution in [0.4, 0.5) is 11.5 Å². The van der Waals surface area contributed by atoms with Gasteiger partial charge in [0, 0.05) is 12.3 Å². The Balaban J connectivity index is 2.09. The van der Waals surface area contributed by atoms with Crippen LogP contribution >= 0.6 is 0 Å². The number of sulfone groups is 1. The first-order valence-corrected chi connectivity index (χ1v) is 8.43. The van der Waals surface area contributed by atoms with Gasteiger partial charge in [-0.2, -0.15) is 9.61 Å². The molecule has 114 valence electrons. The SMILES string of the molecule is CC(C)S(=O)(=O)c1ccccc1Nc1ccnc2ccnn12. The predicted octanol–water partition coefficient (Wildman–Crippen LogP) is 2.66. The molecule has 0 atom stereocenters. The van der Waals surface area contributed by atoms with Gasteiger partial charge in [0.2, 0.25) is 0 Å². The quantitative estimate of drug-likeness (QED) is 0.801. The van der Waals surface area contributed by atoms with Crippen molar-refractivity contribution in [1.29, 1.82) is 0 Å². The molecule has 1 aromatic carbocycles. The summed E-state index contributed by atoms with van der Waals surface area (Å²) in [4.78, 5) is 4.46. The third-order valence-electron chi connectivity index (χ3n) is 3.37. The molecule has 0 saturated carbocycles. The number of aromatic nitrogens is 3. The summed E-state index contributed by atoms with van der Waals surface area (Å²) in [5, 5.41) is 6.84. The second-order valence-electron chi connectivity index (χ2n) is 5.15. The lowest BCUT2D eigenvalue weighted by atomic mass is 10.3. The smallest absolute Gasteiger partial charge is 0.182 e. The highest BCUT2D eigenvalue weighted by molar-refractivity contribution is 7.92. The zero-order valence-corrected chi connectivity index (χ0v) is 13.1. The maximum atomic E-state index is 12.5. The van der Waals surface area contributed by atoms with Crippen LogP contribution in [0.1, 0.15) is 13.8 Å². The number of nitrogens with one attached hydrogen (secondary N) is 1. The van der Waals surface area contributed by atoms with Crippen molar-refractivity contribution in [3.05, 3.63) is 48.8 Å². The molecule has 0 radical (unpaired) electrons. The predicted molar refractivity (Wildman–Crippen MR) is 85.0 cm³/mol. The molecular formula is C15H16N4O2S. The van der Waals surface area contributed by atoms with E-state index in [0.717, 1.165) is 0 Å². The highest BCUT2D eigenvalue weighted by Crippen LogP contribution is 2.27. The summed E-state index contributed by atoms with van der Waals surface area (Å²) in [7, 11) is -3.38. The minimum absolute atomic E-state index is 0.280. The molecule has 7 heteroatoms. The molecule has 0 fully saturated rings. The number of nitrogens with zero attached hydrogens (tertiary/aromatic N) is 3. The Morgan fingerprint density at radius 1 is 1.09 bits per heavy atom. The van der Waals surface area contributed by atoms with Gasteiger partial charge >= 0.3 is 0 Å². The number of hydrogen-bond donors (Lipinski definition) is 1. The van der Waals surface area contributed by atoms with Gasteiger partial charge in [-0.3, -0.25) is 0 Å². The van der Waals surface area contributed by atoms with Gasteiger partial charge in [-0.25, -0.2) is 13.4 Å². The molecule has 0 spiro atoms. The second kappa shape index (κ2) is 5.42. The van der Waals surface area contributed by atoms with Gasteiger partial charge in [0.05, 0.1) is 22.0 Å². The minimum Gasteiger partial charge on any atom is -0.339 e. The molecule has 0 bridgehead atoms. The normalized spacial score (nSPS) is 12.0. The van der Waals surface area contributed by atoms with Gasteiger partial charge in [0.1, 0.15) is 5.82 Å². The third kappa shape index (κ3) is 2.43. The minimum atomic E-state index is -3.38. The average Bonchev–Trinajstić information content (AvgIpc) is 2.97. The monoisotopic (exact) mass is 316 g/mol. The van der Waals surface area contributed by atoms with Crippen molar-refractivity contribution in [3.63, 3.8) is 0 Å². The maximum absolute atomic E-state index is 12.5. The fourth-order valence-corrected chi connectivity index (χ4v) is 3.34. The highest BCUT2D eigenvalue weighted by Gasteiger charge is 2.22. The fourth-order valence-electron chi connectivity index (χ4n) is 2.14. The second-order valence-corrected chi connectivity index (χ2v) is 7.62. The van der Waals surface area contributed by atoms with E-state index in [9.17, 15) is 8.42 Å². The standard InChI is InChI=1S/C15H16N4O2S/c1-11(2)22(20,21)13-6-4-3-5-12(13)18-15-7-9-16-14-8-10-17-19(14)15/h3-11,18H,1-2H3. The molecular weight excluding hydrogens is 300 g/mol. The number of benzene rings is 1. The van der Waals surface area contributed by atoms with Crippen LogP contribution in [0.25, 0.3) is 5.65 Å². The van der Waals surface area contributed by atoms with E-state index in [1.54, 1.807) is 67.2 Å². The van der Waals surface area contributed by atoms with Gasteiger partial charge < -0.3 is 5.32 Å². The third-order valence-corrected chi connectivity index (χ3v) is 5.58. The van der Waals surface area contributed by atoms with Crippen molar-refractivity contribution in [2.75, 3.05) is 5.32 Å². The van der Waals surface area contributed by atoms with Crippen molar-refractivity contribution in [1.82, 2.24) is 14.6 Å². The Morgan fingerprint density at radius 3 is 2.64 bits per heavy atom. The van der Waals surface area contributed by atoms with Crippen molar-refractivity contribution >= 4 is 27.0 Å². The number of rotatable bonds is 4. The first-order valence-electron chi connectivity index (χ1n) is 6.89. The lowest BCUT2D eigenvalue weighted by Crippen LogP contribution is -2.16. The first kappa shape index (κ1) is 14.5. The molecule has 0 aliphatic carbocycles. The molecule has 0 aliphatic rings. The molecule has 1 N–H and O–H groups in total. The topological polar surface area (TPSA) is 76.4 Å². The lowest BCUT2D eigenvalue weighted by molar-refractivity contribution is 0.588. The molecule has 3 aromatic rings. The van der Waals surface area contributed by atoms with Crippen molar-refractivity contribution in [2.45, 2.75) is 24.0 Å². The van der Waals surface area contributed by atoms with Crippen LogP contribution in [0, 0.1) is 0 Å². The van der Waals surface area contributed by atoms with E-state index in [-0.39, 0.29) is 4.90 Å². The Morgan fingerprint density at radius 2 is 1.86 bits per heavy atom. The zero-order valence-electron chi connectivity index (χ0n) is 12.3. The summed E-state index contributed by atoms with van der Waals surface area (Å²) in [6.45, 7) is 3.34. The van der Waals surface area contributed by atoms with Crippen molar-refractivity contribution in [2.24, 2.45) is 0 Å². The van der Waals surface area contributed by atoms with Crippen LogP contribution in [-0.4, -0.2) is 28.3 Å². The summed E-state index contributed by atoms with van der Waals surface area (Å²) < 4.78 is 26.6. The molecule has 0 saturated heterocycles. The zero-order chi connectivity index (χ0) is 15.7. The fraction of sp³-hybridized carbons (Fsp3) is 0.200. The molecule has 3 rings (SSSR count). The molecule has 0 amide bonds. The molecule has 22 heavy (non-hydrogen) atoms. The highest BCUT2D eigenvalue weighted by atomic mass is 32.2. The summed E-state index contributed by atoms with van der Waals surface area (Å²) in [6, 6.07) is 10.4. The van der Waals surface area contributed by atoms with Crippen LogP contribution in [0.3, 0.4) is 0 Å². The van der Waals surface area contributed by atoms with E-state index >= 15 is 0 Å². The molecule has 2 aromatic heterocycles. The number of hydrogen-bond acceptors (Lipinski definition) is 5. The van der Waals surface area contributed by atoms with E-state index in [0.29, 0.717) is 17.2 Å². The van der Waals surface area contributed by atoms with E-state index < -0.39 is 15.1 Å². The number of para-hydroxylation sites is 1. The van der Waals surface area contributed by atoms with Crippen LogP contribution in [0.5, 0.6) is 0 Å². The molecule has 6 nitrogen and oxygen atoms in total. The lowest BCUT2D eigenvalue weighted by Gasteiger charge is -2.14. The Bertz CT molecular complexity index is 916. The van der Waals surface area contributed by atoms with Crippen molar-refractivity contribution < 1.29 is 8.42 Å². The summed E-state index contributed by atoms with van der Waals surface area (Å²) in [6.07, 6.45) is 3.29.